The minimum absolute atomic E-state index is 0.920. The summed E-state index contributed by atoms with van der Waals surface area (Å²) in [5.74, 6) is 0. The van der Waals surface area contributed by atoms with Gasteiger partial charge in [-0.15, -0.1) is 0 Å². The summed E-state index contributed by atoms with van der Waals surface area (Å²) >= 11 is 0. The highest BCUT2D eigenvalue weighted by molar-refractivity contribution is 6.34. The van der Waals surface area contributed by atoms with Crippen molar-refractivity contribution in [1.29, 1.82) is 0 Å². The van der Waals surface area contributed by atoms with Gasteiger partial charge < -0.3 is 9.32 Å². The van der Waals surface area contributed by atoms with E-state index in [2.05, 4.69) is 150 Å². The zero-order chi connectivity index (χ0) is 27.6. The molecule has 1 heterocycles. The SMILES string of the molecule is c1ccc(N(c2ccc3c4ccccc4c4c(ccc5oc6ccccc6c54)c3c2)c2cccc3ccccc23)cc1. The highest BCUT2D eigenvalue weighted by Gasteiger charge is 2.19. The average molecular weight is 536 g/mol. The number of para-hydroxylation sites is 2. The summed E-state index contributed by atoms with van der Waals surface area (Å²) in [5, 5.41) is 12.2. The maximum absolute atomic E-state index is 6.33. The van der Waals surface area contributed by atoms with E-state index < -0.39 is 0 Å². The van der Waals surface area contributed by atoms with E-state index in [4.69, 9.17) is 4.42 Å². The van der Waals surface area contributed by atoms with Crippen LogP contribution in [0.3, 0.4) is 0 Å². The van der Waals surface area contributed by atoms with Crippen molar-refractivity contribution in [2.24, 2.45) is 0 Å². The molecule has 9 rings (SSSR count). The smallest absolute Gasteiger partial charge is 0.136 e. The Balaban J connectivity index is 1.41. The van der Waals surface area contributed by atoms with Crippen molar-refractivity contribution in [3.8, 4) is 0 Å². The molecular weight excluding hydrogens is 510 g/mol. The van der Waals surface area contributed by atoms with Crippen LogP contribution < -0.4 is 4.90 Å². The van der Waals surface area contributed by atoms with E-state index in [-0.39, 0.29) is 0 Å². The van der Waals surface area contributed by atoms with Gasteiger partial charge in [0.2, 0.25) is 0 Å². The summed E-state index contributed by atoms with van der Waals surface area (Å²) in [6, 6.07) is 54.3. The molecule has 0 saturated heterocycles. The van der Waals surface area contributed by atoms with Crippen molar-refractivity contribution in [1.82, 2.24) is 0 Å². The van der Waals surface area contributed by atoms with Gasteiger partial charge in [0, 0.05) is 32.9 Å². The zero-order valence-electron chi connectivity index (χ0n) is 22.8. The molecule has 0 aliphatic heterocycles. The standard InChI is InChI=1S/C40H25NO/c1-2-13-27(14-3-1)41(36-19-10-12-26-11-4-5-15-29(26)36)28-21-22-31-30-16-6-7-17-32(30)39-33(35(31)25-28)23-24-38-40(39)34-18-8-9-20-37(34)42-38/h1-25H. The fourth-order valence-corrected chi connectivity index (χ4v) is 6.79. The van der Waals surface area contributed by atoms with E-state index in [9.17, 15) is 0 Å². The number of fused-ring (bicyclic) bond motifs is 11. The summed E-state index contributed by atoms with van der Waals surface area (Å²) in [6.45, 7) is 0. The molecule has 0 unspecified atom stereocenters. The van der Waals surface area contributed by atoms with Crippen molar-refractivity contribution >= 4 is 82.1 Å². The summed E-state index contributed by atoms with van der Waals surface area (Å²) < 4.78 is 6.33. The third-order valence-electron chi connectivity index (χ3n) is 8.60. The van der Waals surface area contributed by atoms with Crippen LogP contribution in [-0.2, 0) is 0 Å². The third kappa shape index (κ3) is 3.33. The number of nitrogens with zero attached hydrogens (tertiary/aromatic N) is 1. The number of benzene rings is 8. The normalized spacial score (nSPS) is 11.8. The van der Waals surface area contributed by atoms with Gasteiger partial charge in [0.15, 0.2) is 0 Å². The molecule has 42 heavy (non-hydrogen) atoms. The number of anilines is 3. The minimum Gasteiger partial charge on any atom is -0.456 e. The summed E-state index contributed by atoms with van der Waals surface area (Å²) in [4.78, 5) is 2.38. The molecule has 196 valence electrons. The molecule has 0 atom stereocenters. The predicted octanol–water partition coefficient (Wildman–Crippen LogP) is 11.7. The second kappa shape index (κ2) is 8.95. The molecule has 0 aliphatic carbocycles. The van der Waals surface area contributed by atoms with Gasteiger partial charge in [0.25, 0.3) is 0 Å². The highest BCUT2D eigenvalue weighted by atomic mass is 16.3. The lowest BCUT2D eigenvalue weighted by atomic mass is 9.91. The Hall–Kier alpha value is -5.60. The largest absolute Gasteiger partial charge is 0.456 e. The predicted molar refractivity (Wildman–Crippen MR) is 178 cm³/mol. The first kappa shape index (κ1) is 23.1. The van der Waals surface area contributed by atoms with Crippen molar-refractivity contribution in [2.45, 2.75) is 0 Å². The van der Waals surface area contributed by atoms with Crippen LogP contribution in [0.25, 0.3) is 65.0 Å². The molecule has 0 radical (unpaired) electrons. The van der Waals surface area contributed by atoms with Crippen LogP contribution in [0.15, 0.2) is 156 Å². The Morgan fingerprint density at radius 3 is 1.88 bits per heavy atom. The first-order chi connectivity index (χ1) is 20.8. The fourth-order valence-electron chi connectivity index (χ4n) is 6.79. The summed E-state index contributed by atoms with van der Waals surface area (Å²) in [5.41, 5.74) is 5.25. The van der Waals surface area contributed by atoms with Crippen LogP contribution in [0.1, 0.15) is 0 Å². The number of hydrogen-bond donors (Lipinski definition) is 0. The molecule has 0 N–H and O–H groups in total. The monoisotopic (exact) mass is 535 g/mol. The van der Waals surface area contributed by atoms with Gasteiger partial charge in [-0.05, 0) is 80.8 Å². The number of rotatable bonds is 3. The van der Waals surface area contributed by atoms with E-state index in [1.807, 2.05) is 6.07 Å². The summed E-state index contributed by atoms with van der Waals surface area (Å²) in [7, 11) is 0. The first-order valence-electron chi connectivity index (χ1n) is 14.4. The topological polar surface area (TPSA) is 16.4 Å². The average Bonchev–Trinajstić information content (AvgIpc) is 3.44. The molecule has 0 fully saturated rings. The molecule has 0 spiro atoms. The maximum atomic E-state index is 6.33. The Bertz CT molecular complexity index is 2470. The lowest BCUT2D eigenvalue weighted by Crippen LogP contribution is -2.10. The lowest BCUT2D eigenvalue weighted by molar-refractivity contribution is 0.669. The van der Waals surface area contributed by atoms with Crippen LogP contribution >= 0.6 is 0 Å². The second-order valence-electron chi connectivity index (χ2n) is 10.9. The van der Waals surface area contributed by atoms with Gasteiger partial charge in [-0.3, -0.25) is 0 Å². The first-order valence-corrected chi connectivity index (χ1v) is 14.4. The quantitative estimate of drug-likeness (QED) is 0.209. The van der Waals surface area contributed by atoms with Crippen molar-refractivity contribution < 1.29 is 4.42 Å². The molecule has 0 bridgehead atoms. The van der Waals surface area contributed by atoms with E-state index >= 15 is 0 Å². The van der Waals surface area contributed by atoms with E-state index in [1.54, 1.807) is 0 Å². The van der Waals surface area contributed by atoms with Crippen LogP contribution in [0.4, 0.5) is 17.1 Å². The molecule has 1 aromatic heterocycles. The van der Waals surface area contributed by atoms with Gasteiger partial charge in [-0.1, -0.05) is 103 Å². The highest BCUT2D eigenvalue weighted by Crippen LogP contribution is 2.45. The molecule has 9 aromatic rings. The minimum atomic E-state index is 0.920. The Kier molecular flexibility index (Phi) is 4.93. The van der Waals surface area contributed by atoms with E-state index in [0.29, 0.717) is 0 Å². The van der Waals surface area contributed by atoms with Crippen LogP contribution in [0.5, 0.6) is 0 Å². The van der Waals surface area contributed by atoms with Gasteiger partial charge in [-0.25, -0.2) is 0 Å². The van der Waals surface area contributed by atoms with E-state index in [1.165, 1.54) is 48.5 Å². The molecular formula is C40H25NO. The second-order valence-corrected chi connectivity index (χ2v) is 10.9. The van der Waals surface area contributed by atoms with Gasteiger partial charge in [0.05, 0.1) is 5.69 Å². The number of hydrogen-bond acceptors (Lipinski definition) is 2. The number of furan rings is 1. The van der Waals surface area contributed by atoms with Crippen LogP contribution in [-0.4, -0.2) is 0 Å². The lowest BCUT2D eigenvalue weighted by Gasteiger charge is -2.27. The zero-order valence-corrected chi connectivity index (χ0v) is 22.8. The molecule has 2 nitrogen and oxygen atoms in total. The van der Waals surface area contributed by atoms with Crippen molar-refractivity contribution in [2.75, 3.05) is 4.90 Å². The van der Waals surface area contributed by atoms with Crippen molar-refractivity contribution in [3.05, 3.63) is 152 Å². The van der Waals surface area contributed by atoms with Crippen LogP contribution in [0, 0.1) is 0 Å². The summed E-state index contributed by atoms with van der Waals surface area (Å²) in [6.07, 6.45) is 0. The molecule has 0 aliphatic rings. The third-order valence-corrected chi connectivity index (χ3v) is 8.60. The van der Waals surface area contributed by atoms with Gasteiger partial charge >= 0.3 is 0 Å². The Labute approximate surface area is 242 Å². The Morgan fingerprint density at radius 2 is 1.00 bits per heavy atom. The molecule has 8 aromatic carbocycles. The van der Waals surface area contributed by atoms with E-state index in [0.717, 1.165) is 33.6 Å². The molecule has 2 heteroatoms. The van der Waals surface area contributed by atoms with Crippen LogP contribution in [0.2, 0.25) is 0 Å². The fraction of sp³-hybridized carbons (Fsp3) is 0. The Morgan fingerprint density at radius 1 is 0.357 bits per heavy atom. The van der Waals surface area contributed by atoms with Gasteiger partial charge in [-0.2, -0.15) is 0 Å². The molecule has 0 amide bonds. The van der Waals surface area contributed by atoms with Crippen molar-refractivity contribution in [3.63, 3.8) is 0 Å². The maximum Gasteiger partial charge on any atom is 0.136 e. The molecule has 0 saturated carbocycles. The van der Waals surface area contributed by atoms with Gasteiger partial charge in [0.1, 0.15) is 11.2 Å².